The average molecular weight is 330 g/mol. The summed E-state index contributed by atoms with van der Waals surface area (Å²) >= 11 is 0. The number of pyridine rings is 1. The van der Waals surface area contributed by atoms with Gasteiger partial charge in [-0.15, -0.1) is 0 Å². The minimum absolute atomic E-state index is 0.460. The summed E-state index contributed by atoms with van der Waals surface area (Å²) in [7, 11) is 2.22. The number of likely N-dealkylation sites (N-methyl/N-ethyl adjacent to an activating group) is 1. The Morgan fingerprint density at radius 2 is 1.88 bits per heavy atom. The molecule has 0 N–H and O–H groups in total. The molecule has 4 heterocycles. The molecule has 5 nitrogen and oxygen atoms in total. The molecule has 3 aliphatic rings. The van der Waals surface area contributed by atoms with Gasteiger partial charge in [-0.25, -0.2) is 0 Å². The Labute approximate surface area is 145 Å². The van der Waals surface area contributed by atoms with E-state index < -0.39 is 0 Å². The van der Waals surface area contributed by atoms with E-state index in [0.717, 1.165) is 31.5 Å². The van der Waals surface area contributed by atoms with Crippen LogP contribution in [0.4, 0.5) is 0 Å². The minimum Gasteiger partial charge on any atom is -0.376 e. The molecule has 24 heavy (non-hydrogen) atoms. The van der Waals surface area contributed by atoms with Crippen LogP contribution in [0.25, 0.3) is 0 Å². The van der Waals surface area contributed by atoms with Crippen molar-refractivity contribution in [2.45, 2.75) is 19.1 Å². The SMILES string of the molecule is CN1CCN(C[C@@H]2OC[C@H]3CN(Cc4ccncc4)CC[C@H]32)CC1. The molecule has 5 heteroatoms. The summed E-state index contributed by atoms with van der Waals surface area (Å²) in [5.41, 5.74) is 1.37. The maximum absolute atomic E-state index is 6.24. The maximum atomic E-state index is 6.24. The van der Waals surface area contributed by atoms with Crippen molar-refractivity contribution in [2.24, 2.45) is 11.8 Å². The molecule has 3 saturated heterocycles. The fraction of sp³-hybridized carbons (Fsp3) is 0.737. The lowest BCUT2D eigenvalue weighted by molar-refractivity contribution is 0.0351. The third-order valence-corrected chi connectivity index (χ3v) is 6.07. The quantitative estimate of drug-likeness (QED) is 0.827. The molecule has 3 fully saturated rings. The lowest BCUT2D eigenvalue weighted by Gasteiger charge is -2.38. The van der Waals surface area contributed by atoms with Crippen LogP contribution in [0.15, 0.2) is 24.5 Å². The smallest absolute Gasteiger partial charge is 0.0734 e. The van der Waals surface area contributed by atoms with Crippen LogP contribution in [0, 0.1) is 11.8 Å². The van der Waals surface area contributed by atoms with E-state index in [0.29, 0.717) is 6.10 Å². The van der Waals surface area contributed by atoms with Gasteiger partial charge in [0.1, 0.15) is 0 Å². The molecular weight excluding hydrogens is 300 g/mol. The molecule has 4 rings (SSSR count). The molecule has 132 valence electrons. The van der Waals surface area contributed by atoms with Crippen molar-refractivity contribution in [1.29, 1.82) is 0 Å². The van der Waals surface area contributed by atoms with Crippen LogP contribution in [0.2, 0.25) is 0 Å². The van der Waals surface area contributed by atoms with Crippen molar-refractivity contribution >= 4 is 0 Å². The van der Waals surface area contributed by atoms with Gasteiger partial charge < -0.3 is 9.64 Å². The standard InChI is InChI=1S/C19H30N4O/c1-21-8-10-22(11-9-21)14-19-18-4-7-23(13-17(18)15-24-19)12-16-2-5-20-6-3-16/h2-3,5-6,17-19H,4,7-15H2,1H3/t17-,18-,19+/m1/s1. The predicted molar refractivity (Wildman–Crippen MR) is 94.8 cm³/mol. The Morgan fingerprint density at radius 3 is 2.67 bits per heavy atom. The van der Waals surface area contributed by atoms with Crippen LogP contribution < -0.4 is 0 Å². The molecule has 3 atom stereocenters. The highest BCUT2D eigenvalue weighted by Crippen LogP contribution is 2.35. The van der Waals surface area contributed by atoms with Crippen LogP contribution in [0.3, 0.4) is 0 Å². The Kier molecular flexibility index (Phi) is 5.13. The molecule has 0 amide bonds. The topological polar surface area (TPSA) is 31.8 Å². The van der Waals surface area contributed by atoms with Gasteiger partial charge in [-0.2, -0.15) is 0 Å². The normalized spacial score (nSPS) is 32.8. The largest absolute Gasteiger partial charge is 0.376 e. The number of nitrogens with zero attached hydrogens (tertiary/aromatic N) is 4. The second-order valence-corrected chi connectivity index (χ2v) is 7.78. The van der Waals surface area contributed by atoms with Crippen molar-refractivity contribution in [3.05, 3.63) is 30.1 Å². The molecule has 1 aromatic heterocycles. The van der Waals surface area contributed by atoms with Gasteiger partial charge in [0, 0.05) is 64.1 Å². The first-order chi connectivity index (χ1) is 11.8. The van der Waals surface area contributed by atoms with E-state index in [2.05, 4.69) is 38.9 Å². The number of piperazine rings is 1. The molecule has 0 bridgehead atoms. The molecule has 3 aliphatic heterocycles. The van der Waals surface area contributed by atoms with Crippen LogP contribution in [0.5, 0.6) is 0 Å². The number of piperidine rings is 1. The first kappa shape index (κ1) is 16.5. The number of ether oxygens (including phenoxy) is 1. The Morgan fingerprint density at radius 1 is 1.08 bits per heavy atom. The van der Waals surface area contributed by atoms with E-state index in [1.54, 1.807) is 0 Å². The van der Waals surface area contributed by atoms with Gasteiger partial charge in [0.2, 0.25) is 0 Å². The predicted octanol–water partition coefficient (Wildman–Crippen LogP) is 1.17. The second kappa shape index (κ2) is 7.48. The monoisotopic (exact) mass is 330 g/mol. The third kappa shape index (κ3) is 3.80. The summed E-state index contributed by atoms with van der Waals surface area (Å²) in [5.74, 6) is 1.48. The summed E-state index contributed by atoms with van der Waals surface area (Å²) in [6.07, 6.45) is 5.54. The highest BCUT2D eigenvalue weighted by Gasteiger charge is 2.41. The van der Waals surface area contributed by atoms with Crippen LogP contribution in [0.1, 0.15) is 12.0 Å². The van der Waals surface area contributed by atoms with E-state index in [9.17, 15) is 0 Å². The first-order valence-electron chi connectivity index (χ1n) is 9.42. The zero-order valence-electron chi connectivity index (χ0n) is 14.8. The van der Waals surface area contributed by atoms with Crippen molar-refractivity contribution in [3.63, 3.8) is 0 Å². The second-order valence-electron chi connectivity index (χ2n) is 7.78. The van der Waals surface area contributed by atoms with E-state index >= 15 is 0 Å². The van der Waals surface area contributed by atoms with Crippen LogP contribution >= 0.6 is 0 Å². The maximum Gasteiger partial charge on any atom is 0.0734 e. The summed E-state index contributed by atoms with van der Waals surface area (Å²) in [6.45, 7) is 10.3. The molecule has 1 aromatic rings. The Hall–Kier alpha value is -1.01. The summed E-state index contributed by atoms with van der Waals surface area (Å²) in [6, 6.07) is 4.26. The number of rotatable bonds is 4. The molecule has 0 aliphatic carbocycles. The van der Waals surface area contributed by atoms with E-state index in [4.69, 9.17) is 4.74 Å². The van der Waals surface area contributed by atoms with Gasteiger partial charge in [0.15, 0.2) is 0 Å². The molecule has 0 spiro atoms. The van der Waals surface area contributed by atoms with Gasteiger partial charge in [-0.1, -0.05) is 0 Å². The van der Waals surface area contributed by atoms with Crippen molar-refractivity contribution in [3.8, 4) is 0 Å². The van der Waals surface area contributed by atoms with Crippen molar-refractivity contribution in [2.75, 3.05) is 59.5 Å². The Balaban J connectivity index is 1.28. The van der Waals surface area contributed by atoms with Crippen LogP contribution in [-0.2, 0) is 11.3 Å². The van der Waals surface area contributed by atoms with Crippen molar-refractivity contribution in [1.82, 2.24) is 19.7 Å². The van der Waals surface area contributed by atoms with E-state index in [-0.39, 0.29) is 0 Å². The highest BCUT2D eigenvalue weighted by molar-refractivity contribution is 5.09. The first-order valence-corrected chi connectivity index (χ1v) is 9.42. The number of aromatic nitrogens is 1. The molecule has 0 aromatic carbocycles. The van der Waals surface area contributed by atoms with Gasteiger partial charge in [-0.3, -0.25) is 14.8 Å². The van der Waals surface area contributed by atoms with E-state index in [1.807, 2.05) is 12.4 Å². The zero-order chi connectivity index (χ0) is 16.4. The molecular formula is C19H30N4O. The minimum atomic E-state index is 0.460. The van der Waals surface area contributed by atoms with Gasteiger partial charge in [0.25, 0.3) is 0 Å². The Bertz CT molecular complexity index is 517. The summed E-state index contributed by atoms with van der Waals surface area (Å²) < 4.78 is 6.24. The zero-order valence-corrected chi connectivity index (χ0v) is 14.8. The number of fused-ring (bicyclic) bond motifs is 1. The van der Waals surface area contributed by atoms with Gasteiger partial charge >= 0.3 is 0 Å². The number of likely N-dealkylation sites (tertiary alicyclic amines) is 1. The summed E-state index contributed by atoms with van der Waals surface area (Å²) in [4.78, 5) is 11.7. The molecule has 0 saturated carbocycles. The van der Waals surface area contributed by atoms with Gasteiger partial charge in [0.05, 0.1) is 12.7 Å². The highest BCUT2D eigenvalue weighted by atomic mass is 16.5. The van der Waals surface area contributed by atoms with E-state index in [1.165, 1.54) is 51.3 Å². The fourth-order valence-corrected chi connectivity index (χ4v) is 4.53. The average Bonchev–Trinajstić information content (AvgIpc) is 3.00. The number of hydrogen-bond donors (Lipinski definition) is 0. The lowest BCUT2D eigenvalue weighted by Crippen LogP contribution is -2.49. The third-order valence-electron chi connectivity index (χ3n) is 6.07. The van der Waals surface area contributed by atoms with Gasteiger partial charge in [-0.05, 0) is 43.6 Å². The fourth-order valence-electron chi connectivity index (χ4n) is 4.53. The van der Waals surface area contributed by atoms with Crippen LogP contribution in [-0.4, -0.2) is 85.3 Å². The number of hydrogen-bond acceptors (Lipinski definition) is 5. The summed E-state index contributed by atoms with van der Waals surface area (Å²) in [5, 5.41) is 0. The molecule has 0 unspecified atom stereocenters. The molecule has 0 radical (unpaired) electrons. The van der Waals surface area contributed by atoms with Crippen molar-refractivity contribution < 1.29 is 4.74 Å². The lowest BCUT2D eigenvalue weighted by atomic mass is 9.84.